The molecule has 0 aliphatic carbocycles. The maximum Gasteiger partial charge on any atom is 0.307 e. The largest absolute Gasteiger partial charge is 0.495 e. The van der Waals surface area contributed by atoms with E-state index in [1.54, 1.807) is 12.1 Å². The fourth-order valence-electron chi connectivity index (χ4n) is 2.53. The Balaban J connectivity index is 2.01. The van der Waals surface area contributed by atoms with Gasteiger partial charge in [0, 0.05) is 18.7 Å². The minimum atomic E-state index is -0.822. The van der Waals surface area contributed by atoms with Crippen molar-refractivity contribution in [2.75, 3.05) is 39.2 Å². The molecular formula is C15H19ClN2O5. The Hall–Kier alpha value is -1.99. The third-order valence-corrected chi connectivity index (χ3v) is 4.03. The van der Waals surface area contributed by atoms with E-state index in [0.717, 1.165) is 0 Å². The van der Waals surface area contributed by atoms with Gasteiger partial charge >= 0.3 is 5.97 Å². The quantitative estimate of drug-likeness (QED) is 0.818. The zero-order valence-corrected chi connectivity index (χ0v) is 13.7. The predicted octanol–water partition coefficient (Wildman–Crippen LogP) is 1.70. The van der Waals surface area contributed by atoms with Crippen LogP contribution in [0.4, 0.5) is 5.69 Å². The Labute approximate surface area is 139 Å². The molecule has 1 aliphatic heterocycles. The lowest BCUT2D eigenvalue weighted by Crippen LogP contribution is -2.32. The number of carboxylic acids is 1. The summed E-state index contributed by atoms with van der Waals surface area (Å²) < 4.78 is 10.3. The summed E-state index contributed by atoms with van der Waals surface area (Å²) in [5, 5.41) is 12.1. The van der Waals surface area contributed by atoms with Crippen LogP contribution in [0.2, 0.25) is 5.02 Å². The van der Waals surface area contributed by atoms with E-state index in [1.165, 1.54) is 14.2 Å². The van der Waals surface area contributed by atoms with Gasteiger partial charge in [-0.05, 0) is 13.0 Å². The number of likely N-dealkylation sites (tertiary alicyclic amines) is 1. The first-order valence-corrected chi connectivity index (χ1v) is 7.49. The molecule has 0 saturated carbocycles. The van der Waals surface area contributed by atoms with Crippen molar-refractivity contribution < 1.29 is 24.2 Å². The summed E-state index contributed by atoms with van der Waals surface area (Å²) in [7, 11) is 2.96. The van der Waals surface area contributed by atoms with Gasteiger partial charge in [0.15, 0.2) is 0 Å². The van der Waals surface area contributed by atoms with E-state index < -0.39 is 11.9 Å². The van der Waals surface area contributed by atoms with Crippen molar-refractivity contribution in [1.29, 1.82) is 0 Å². The molecule has 7 nitrogen and oxygen atoms in total. The van der Waals surface area contributed by atoms with Crippen molar-refractivity contribution >= 4 is 29.2 Å². The number of aliphatic carboxylic acids is 1. The average molecular weight is 343 g/mol. The number of hydrogen-bond donors (Lipinski definition) is 2. The van der Waals surface area contributed by atoms with Gasteiger partial charge in [0.2, 0.25) is 5.91 Å². The molecule has 1 atom stereocenters. The van der Waals surface area contributed by atoms with Crippen LogP contribution in [0.25, 0.3) is 0 Å². The van der Waals surface area contributed by atoms with Crippen molar-refractivity contribution in [1.82, 2.24) is 4.90 Å². The molecule has 1 aliphatic rings. The number of benzene rings is 1. The fourth-order valence-corrected chi connectivity index (χ4v) is 2.76. The van der Waals surface area contributed by atoms with Crippen LogP contribution in [-0.2, 0) is 9.59 Å². The summed E-state index contributed by atoms with van der Waals surface area (Å²) in [5.41, 5.74) is 0.452. The number of hydrogen-bond acceptors (Lipinski definition) is 5. The third kappa shape index (κ3) is 4.27. The molecule has 1 fully saturated rings. The van der Waals surface area contributed by atoms with Gasteiger partial charge < -0.3 is 19.9 Å². The number of halogens is 1. The number of nitrogens with one attached hydrogen (secondary N) is 1. The van der Waals surface area contributed by atoms with Crippen LogP contribution >= 0.6 is 11.6 Å². The van der Waals surface area contributed by atoms with E-state index in [4.69, 9.17) is 26.2 Å². The first kappa shape index (κ1) is 17.4. The highest BCUT2D eigenvalue weighted by molar-refractivity contribution is 6.32. The number of ether oxygens (including phenoxy) is 2. The summed E-state index contributed by atoms with van der Waals surface area (Å²) in [5.74, 6) is -0.632. The van der Waals surface area contributed by atoms with E-state index >= 15 is 0 Å². The molecule has 1 heterocycles. The van der Waals surface area contributed by atoms with Crippen molar-refractivity contribution in [3.8, 4) is 11.5 Å². The van der Waals surface area contributed by atoms with Crippen LogP contribution in [0, 0.1) is 5.92 Å². The Morgan fingerprint density at radius 2 is 2.04 bits per heavy atom. The summed E-state index contributed by atoms with van der Waals surface area (Å²) >= 11 is 6.02. The van der Waals surface area contributed by atoms with Gasteiger partial charge in [0.05, 0.1) is 37.4 Å². The molecule has 2 N–H and O–H groups in total. The summed E-state index contributed by atoms with van der Waals surface area (Å²) in [6.07, 6.45) is 0.556. The number of methoxy groups -OCH3 is 2. The molecule has 8 heteroatoms. The number of amides is 1. The maximum atomic E-state index is 12.2. The van der Waals surface area contributed by atoms with Crippen molar-refractivity contribution in [2.45, 2.75) is 6.42 Å². The van der Waals surface area contributed by atoms with Gasteiger partial charge in [0.1, 0.15) is 11.5 Å². The van der Waals surface area contributed by atoms with Crippen molar-refractivity contribution in [3.05, 3.63) is 17.2 Å². The molecule has 1 aromatic carbocycles. The lowest BCUT2D eigenvalue weighted by atomic mass is 10.1. The molecule has 1 amide bonds. The fraction of sp³-hybridized carbons (Fsp3) is 0.467. The normalized spacial score (nSPS) is 17.8. The Morgan fingerprint density at radius 3 is 2.61 bits per heavy atom. The van der Waals surface area contributed by atoms with Gasteiger partial charge in [-0.15, -0.1) is 0 Å². The van der Waals surface area contributed by atoms with Crippen LogP contribution in [-0.4, -0.2) is 55.7 Å². The van der Waals surface area contributed by atoms with Crippen LogP contribution in [0.5, 0.6) is 11.5 Å². The zero-order chi connectivity index (χ0) is 17.0. The zero-order valence-electron chi connectivity index (χ0n) is 13.0. The van der Waals surface area contributed by atoms with Crippen LogP contribution in [0.1, 0.15) is 6.42 Å². The molecule has 2 rings (SSSR count). The van der Waals surface area contributed by atoms with Gasteiger partial charge in [-0.3, -0.25) is 14.5 Å². The Kier molecular flexibility index (Phi) is 5.68. The van der Waals surface area contributed by atoms with Crippen LogP contribution in [0.15, 0.2) is 12.1 Å². The highest BCUT2D eigenvalue weighted by Gasteiger charge is 2.29. The van der Waals surface area contributed by atoms with E-state index in [9.17, 15) is 9.59 Å². The summed E-state index contributed by atoms with van der Waals surface area (Å²) in [4.78, 5) is 24.9. The first-order chi connectivity index (χ1) is 10.9. The standard InChI is InChI=1S/C15H19ClN2O5/c1-22-12-6-11(13(23-2)5-10(12)16)17-14(19)8-18-4-3-9(7-18)15(20)21/h5-6,9H,3-4,7-8H2,1-2H3,(H,17,19)(H,20,21). The molecule has 0 radical (unpaired) electrons. The second kappa shape index (κ2) is 7.52. The van der Waals surface area contributed by atoms with E-state index in [1.807, 2.05) is 4.90 Å². The predicted molar refractivity (Wildman–Crippen MR) is 85.4 cm³/mol. The Morgan fingerprint density at radius 1 is 1.35 bits per heavy atom. The van der Waals surface area contributed by atoms with Gasteiger partial charge in [-0.25, -0.2) is 0 Å². The molecule has 1 aromatic rings. The van der Waals surface area contributed by atoms with Crippen LogP contribution in [0.3, 0.4) is 0 Å². The lowest BCUT2D eigenvalue weighted by molar-refractivity contribution is -0.141. The smallest absolute Gasteiger partial charge is 0.307 e. The lowest BCUT2D eigenvalue weighted by Gasteiger charge is -2.17. The molecule has 126 valence electrons. The number of carbonyl (C=O) groups is 2. The molecule has 23 heavy (non-hydrogen) atoms. The minimum absolute atomic E-state index is 0.123. The number of nitrogens with zero attached hydrogens (tertiary/aromatic N) is 1. The average Bonchev–Trinajstić information content (AvgIpc) is 2.97. The van der Waals surface area contributed by atoms with Crippen LogP contribution < -0.4 is 14.8 Å². The first-order valence-electron chi connectivity index (χ1n) is 7.11. The van der Waals surface area contributed by atoms with Gasteiger partial charge in [-0.2, -0.15) is 0 Å². The SMILES string of the molecule is COc1cc(NC(=O)CN2CCC(C(=O)O)C2)c(OC)cc1Cl. The number of anilines is 1. The molecule has 1 unspecified atom stereocenters. The number of carbonyl (C=O) groups excluding carboxylic acids is 1. The van der Waals surface area contributed by atoms with Gasteiger partial charge in [-0.1, -0.05) is 11.6 Å². The van der Waals surface area contributed by atoms with E-state index in [-0.39, 0.29) is 12.5 Å². The topological polar surface area (TPSA) is 88.1 Å². The van der Waals surface area contributed by atoms with Gasteiger partial charge in [0.25, 0.3) is 0 Å². The second-order valence-electron chi connectivity index (χ2n) is 5.29. The molecule has 1 saturated heterocycles. The number of carboxylic acid groups (broad SMARTS) is 1. The third-order valence-electron chi connectivity index (χ3n) is 3.74. The van der Waals surface area contributed by atoms with E-state index in [2.05, 4.69) is 5.32 Å². The molecule has 0 spiro atoms. The summed E-state index contributed by atoms with van der Waals surface area (Å²) in [6, 6.07) is 3.15. The minimum Gasteiger partial charge on any atom is -0.495 e. The maximum absolute atomic E-state index is 12.2. The highest BCUT2D eigenvalue weighted by atomic mass is 35.5. The Bertz CT molecular complexity index is 608. The second-order valence-corrected chi connectivity index (χ2v) is 5.70. The molecule has 0 bridgehead atoms. The summed E-state index contributed by atoms with van der Waals surface area (Å²) in [6.45, 7) is 1.09. The monoisotopic (exact) mass is 342 g/mol. The van der Waals surface area contributed by atoms with Crippen molar-refractivity contribution in [2.24, 2.45) is 5.92 Å². The number of rotatable bonds is 6. The van der Waals surface area contributed by atoms with E-state index in [0.29, 0.717) is 41.7 Å². The highest BCUT2D eigenvalue weighted by Crippen LogP contribution is 2.35. The molecule has 0 aromatic heterocycles. The molecular weight excluding hydrogens is 324 g/mol. The van der Waals surface area contributed by atoms with Crippen molar-refractivity contribution in [3.63, 3.8) is 0 Å².